The molecule has 0 amide bonds. The van der Waals surface area contributed by atoms with Crippen molar-refractivity contribution in [2.75, 3.05) is 6.61 Å². The molecule has 1 aromatic heterocycles. The van der Waals surface area contributed by atoms with Crippen molar-refractivity contribution in [1.82, 2.24) is 9.55 Å². The zero-order chi connectivity index (χ0) is 13.1. The molecular formula is C13H16Cl2N2O. The highest BCUT2D eigenvalue weighted by atomic mass is 35.5. The van der Waals surface area contributed by atoms with Gasteiger partial charge in [0.1, 0.15) is 5.82 Å². The van der Waals surface area contributed by atoms with Gasteiger partial charge in [0.25, 0.3) is 0 Å². The molecule has 0 aliphatic rings. The molecule has 2 aromatic rings. The number of aryl methyl sites for hydroxylation is 2. The lowest BCUT2D eigenvalue weighted by atomic mass is 10.3. The van der Waals surface area contributed by atoms with Gasteiger partial charge < -0.3 is 9.67 Å². The molecular weight excluding hydrogens is 271 g/mol. The first-order chi connectivity index (χ1) is 8.67. The molecule has 18 heavy (non-hydrogen) atoms. The topological polar surface area (TPSA) is 38.0 Å². The van der Waals surface area contributed by atoms with Crippen LogP contribution in [-0.2, 0) is 13.0 Å². The van der Waals surface area contributed by atoms with Crippen LogP contribution in [0.3, 0.4) is 0 Å². The van der Waals surface area contributed by atoms with E-state index in [1.807, 2.05) is 6.07 Å². The van der Waals surface area contributed by atoms with Crippen LogP contribution in [0.1, 0.15) is 25.6 Å². The van der Waals surface area contributed by atoms with Crippen LogP contribution in [0.4, 0.5) is 0 Å². The van der Waals surface area contributed by atoms with E-state index in [1.165, 1.54) is 0 Å². The fourth-order valence-corrected chi connectivity index (χ4v) is 2.38. The van der Waals surface area contributed by atoms with Crippen molar-refractivity contribution in [2.24, 2.45) is 0 Å². The smallest absolute Gasteiger partial charge is 0.109 e. The second kappa shape index (κ2) is 5.91. The highest BCUT2D eigenvalue weighted by Crippen LogP contribution is 2.28. The molecule has 1 aromatic carbocycles. The van der Waals surface area contributed by atoms with E-state index in [4.69, 9.17) is 28.3 Å². The molecule has 0 saturated heterocycles. The third kappa shape index (κ3) is 2.63. The van der Waals surface area contributed by atoms with Crippen molar-refractivity contribution in [3.63, 3.8) is 0 Å². The van der Waals surface area contributed by atoms with Gasteiger partial charge >= 0.3 is 0 Å². The van der Waals surface area contributed by atoms with Crippen LogP contribution < -0.4 is 0 Å². The summed E-state index contributed by atoms with van der Waals surface area (Å²) >= 11 is 12.1. The van der Waals surface area contributed by atoms with E-state index in [9.17, 15) is 0 Å². The number of benzene rings is 1. The molecule has 2 rings (SSSR count). The maximum atomic E-state index is 8.98. The van der Waals surface area contributed by atoms with Gasteiger partial charge in [-0.25, -0.2) is 4.98 Å². The Bertz CT molecular complexity index is 551. The van der Waals surface area contributed by atoms with E-state index in [2.05, 4.69) is 16.5 Å². The Kier molecular flexibility index (Phi) is 4.49. The molecule has 0 unspecified atom stereocenters. The summed E-state index contributed by atoms with van der Waals surface area (Å²) in [6, 6.07) is 3.65. The van der Waals surface area contributed by atoms with Gasteiger partial charge in [0.15, 0.2) is 0 Å². The second-order valence-electron chi connectivity index (χ2n) is 4.26. The molecule has 0 aliphatic heterocycles. The summed E-state index contributed by atoms with van der Waals surface area (Å²) in [7, 11) is 0. The van der Waals surface area contributed by atoms with E-state index in [1.54, 1.807) is 6.07 Å². The summed E-state index contributed by atoms with van der Waals surface area (Å²) in [5, 5.41) is 10.0. The highest BCUT2D eigenvalue weighted by Gasteiger charge is 2.12. The third-order valence-electron chi connectivity index (χ3n) is 2.88. The fourth-order valence-electron chi connectivity index (χ4n) is 2.06. The van der Waals surface area contributed by atoms with Gasteiger partial charge in [-0.2, -0.15) is 0 Å². The van der Waals surface area contributed by atoms with Crippen molar-refractivity contribution in [3.05, 3.63) is 28.0 Å². The van der Waals surface area contributed by atoms with Crippen molar-refractivity contribution >= 4 is 34.2 Å². The van der Waals surface area contributed by atoms with E-state index in [0.717, 1.165) is 36.2 Å². The SMILES string of the molecule is CCCc1nc2cc(Cl)c(Cl)cc2n1CCCO. The monoisotopic (exact) mass is 286 g/mol. The number of aromatic nitrogens is 2. The van der Waals surface area contributed by atoms with Crippen LogP contribution in [0.25, 0.3) is 11.0 Å². The van der Waals surface area contributed by atoms with Crippen molar-refractivity contribution < 1.29 is 5.11 Å². The molecule has 0 bridgehead atoms. The zero-order valence-corrected chi connectivity index (χ0v) is 11.8. The number of hydrogen-bond acceptors (Lipinski definition) is 2. The zero-order valence-electron chi connectivity index (χ0n) is 10.3. The Balaban J connectivity index is 2.53. The molecule has 98 valence electrons. The Morgan fingerprint density at radius 1 is 1.28 bits per heavy atom. The van der Waals surface area contributed by atoms with E-state index < -0.39 is 0 Å². The molecule has 0 atom stereocenters. The lowest BCUT2D eigenvalue weighted by Crippen LogP contribution is -2.05. The normalized spacial score (nSPS) is 11.3. The molecule has 0 aliphatic carbocycles. The molecule has 0 saturated carbocycles. The number of hydrogen-bond donors (Lipinski definition) is 1. The number of aliphatic hydroxyl groups excluding tert-OH is 1. The Morgan fingerprint density at radius 3 is 2.67 bits per heavy atom. The summed E-state index contributed by atoms with van der Waals surface area (Å²) < 4.78 is 2.12. The molecule has 0 fully saturated rings. The average Bonchev–Trinajstić information content (AvgIpc) is 2.65. The number of nitrogens with zero attached hydrogens (tertiary/aromatic N) is 2. The van der Waals surface area contributed by atoms with Crippen LogP contribution in [0.2, 0.25) is 10.0 Å². The summed E-state index contributed by atoms with van der Waals surface area (Å²) in [6.07, 6.45) is 2.65. The summed E-state index contributed by atoms with van der Waals surface area (Å²) in [4.78, 5) is 4.60. The van der Waals surface area contributed by atoms with Crippen molar-refractivity contribution in [1.29, 1.82) is 0 Å². The van der Waals surface area contributed by atoms with Crippen LogP contribution in [-0.4, -0.2) is 21.3 Å². The van der Waals surface area contributed by atoms with Crippen LogP contribution in [0, 0.1) is 0 Å². The van der Waals surface area contributed by atoms with E-state index in [0.29, 0.717) is 16.5 Å². The van der Waals surface area contributed by atoms with Gasteiger partial charge in [0.05, 0.1) is 21.1 Å². The average molecular weight is 287 g/mol. The van der Waals surface area contributed by atoms with Crippen LogP contribution in [0.15, 0.2) is 12.1 Å². The van der Waals surface area contributed by atoms with E-state index in [-0.39, 0.29) is 6.61 Å². The minimum Gasteiger partial charge on any atom is -0.396 e. The maximum Gasteiger partial charge on any atom is 0.109 e. The first kappa shape index (κ1) is 13.7. The maximum absolute atomic E-state index is 8.98. The summed E-state index contributed by atoms with van der Waals surface area (Å²) in [5.74, 6) is 1.03. The largest absolute Gasteiger partial charge is 0.396 e. The fraction of sp³-hybridized carbons (Fsp3) is 0.462. The predicted molar refractivity (Wildman–Crippen MR) is 75.5 cm³/mol. The van der Waals surface area contributed by atoms with Gasteiger partial charge in [0, 0.05) is 19.6 Å². The Morgan fingerprint density at radius 2 is 2.00 bits per heavy atom. The van der Waals surface area contributed by atoms with E-state index >= 15 is 0 Å². The molecule has 5 heteroatoms. The van der Waals surface area contributed by atoms with Gasteiger partial charge in [-0.15, -0.1) is 0 Å². The lowest BCUT2D eigenvalue weighted by Gasteiger charge is -2.07. The quantitative estimate of drug-likeness (QED) is 0.911. The van der Waals surface area contributed by atoms with Gasteiger partial charge in [-0.3, -0.25) is 0 Å². The number of halogens is 2. The minimum atomic E-state index is 0.173. The van der Waals surface area contributed by atoms with Gasteiger partial charge in [0.2, 0.25) is 0 Å². The standard InChI is InChI=1S/C13H16Cl2N2O/c1-2-4-13-16-11-7-9(14)10(15)8-12(11)17(13)5-3-6-18/h7-8,18H,2-6H2,1H3. The molecule has 3 nitrogen and oxygen atoms in total. The molecule has 1 heterocycles. The Hall–Kier alpha value is -0.770. The summed E-state index contributed by atoms with van der Waals surface area (Å²) in [5.41, 5.74) is 1.85. The number of aliphatic hydroxyl groups is 1. The highest BCUT2D eigenvalue weighted by molar-refractivity contribution is 6.42. The third-order valence-corrected chi connectivity index (χ3v) is 3.60. The van der Waals surface area contributed by atoms with Gasteiger partial charge in [-0.1, -0.05) is 30.1 Å². The second-order valence-corrected chi connectivity index (χ2v) is 5.08. The van der Waals surface area contributed by atoms with Gasteiger partial charge in [-0.05, 0) is 25.0 Å². The van der Waals surface area contributed by atoms with Crippen molar-refractivity contribution in [3.8, 4) is 0 Å². The Labute approximate surface area is 116 Å². The van der Waals surface area contributed by atoms with Crippen LogP contribution in [0.5, 0.6) is 0 Å². The first-order valence-electron chi connectivity index (χ1n) is 6.12. The predicted octanol–water partition coefficient (Wildman–Crippen LogP) is 3.68. The minimum absolute atomic E-state index is 0.173. The molecule has 0 spiro atoms. The summed E-state index contributed by atoms with van der Waals surface area (Å²) in [6.45, 7) is 3.04. The molecule has 1 N–H and O–H groups in total. The lowest BCUT2D eigenvalue weighted by molar-refractivity contribution is 0.280. The number of fused-ring (bicyclic) bond motifs is 1. The number of imidazole rings is 1. The van der Waals surface area contributed by atoms with Crippen molar-refractivity contribution in [2.45, 2.75) is 32.7 Å². The van der Waals surface area contributed by atoms with Crippen LogP contribution >= 0.6 is 23.2 Å². The number of rotatable bonds is 5. The molecule has 0 radical (unpaired) electrons. The first-order valence-corrected chi connectivity index (χ1v) is 6.88.